The Morgan fingerprint density at radius 3 is 0.981 bits per heavy atom. The summed E-state index contributed by atoms with van der Waals surface area (Å²) in [7, 11) is 0. The summed E-state index contributed by atoms with van der Waals surface area (Å²) in [5, 5.41) is 0. The molecule has 2 aromatic heterocycles. The summed E-state index contributed by atoms with van der Waals surface area (Å²) in [6.45, 7) is 0. The van der Waals surface area contributed by atoms with E-state index in [-0.39, 0.29) is 0 Å². The second kappa shape index (κ2) is 16.2. The number of H-pyrrole nitrogens is 2. The van der Waals surface area contributed by atoms with Gasteiger partial charge >= 0.3 is 0 Å². The van der Waals surface area contributed by atoms with Crippen molar-refractivity contribution in [1.29, 1.82) is 0 Å². The van der Waals surface area contributed by atoms with Gasteiger partial charge in [0.05, 0.1) is 0 Å². The highest BCUT2D eigenvalue weighted by Gasteiger charge is 2.40. The molecule has 0 spiro atoms. The summed E-state index contributed by atoms with van der Waals surface area (Å²) < 4.78 is 0. The largest absolute Gasteiger partial charge is 0.331 e. The number of hydrogen-bond donors (Lipinski definition) is 2. The standard InChI is InChI=1S/C44H64N8/c1-2-6-14-22-30-29(21-13-5-1)37-45-38(30)47-40-32-24-16-8-4-10-18-26-34(32)42(49-40)51-44-36-28-20-12-11-19-27-35(36)43(52-44)50-41-33-25-17-9-3-7-15-23-31(33)39(46-37)48-41/h29-31,33,35-36,49H,1-28H2,(H,45,46,47,48,50,51,52). The first kappa shape index (κ1) is 34.8. The fourth-order valence-electron chi connectivity index (χ4n) is 11.3. The van der Waals surface area contributed by atoms with Gasteiger partial charge in [-0.1, -0.05) is 116 Å². The summed E-state index contributed by atoms with van der Waals surface area (Å²) in [6, 6.07) is 0. The third-order valence-electron chi connectivity index (χ3n) is 14.2. The molecule has 3 saturated carbocycles. The summed E-state index contributed by atoms with van der Waals surface area (Å²) in [6.07, 6.45) is 35.0. The molecule has 4 aliphatic carbocycles. The number of nitrogens with zero attached hydrogens (tertiary/aromatic N) is 6. The average molecular weight is 705 g/mol. The lowest BCUT2D eigenvalue weighted by Crippen LogP contribution is -2.12. The summed E-state index contributed by atoms with van der Waals surface area (Å²) in [5.74, 6) is 8.54. The molecule has 8 heteroatoms. The number of aryl methyl sites for hydroxylation is 2. The van der Waals surface area contributed by atoms with Gasteiger partial charge in [-0.05, 0) is 64.2 Å². The maximum atomic E-state index is 5.66. The van der Waals surface area contributed by atoms with Crippen molar-refractivity contribution in [2.75, 3.05) is 0 Å². The highest BCUT2D eigenvalue weighted by Crippen LogP contribution is 2.47. The molecule has 2 N–H and O–H groups in total. The molecule has 9 rings (SSSR count). The van der Waals surface area contributed by atoms with Crippen molar-refractivity contribution in [3.05, 3.63) is 46.1 Å². The summed E-state index contributed by atoms with van der Waals surface area (Å²) in [5.41, 5.74) is 4.85. The Labute approximate surface area is 311 Å². The van der Waals surface area contributed by atoms with Crippen LogP contribution in [0.1, 0.15) is 249 Å². The molecule has 7 aliphatic rings. The van der Waals surface area contributed by atoms with Crippen LogP contribution >= 0.6 is 0 Å². The topological polar surface area (TPSA) is 109 Å². The molecule has 2 aromatic rings. The van der Waals surface area contributed by atoms with E-state index in [1.54, 1.807) is 0 Å². The van der Waals surface area contributed by atoms with Crippen molar-refractivity contribution >= 4 is 11.3 Å². The molecule has 6 atom stereocenters. The fraction of sp³-hybridized carbons (Fsp3) is 0.773. The highest BCUT2D eigenvalue weighted by molar-refractivity contribution is 5.66. The van der Waals surface area contributed by atoms with Gasteiger partial charge in [-0.3, -0.25) is 0 Å². The van der Waals surface area contributed by atoms with Crippen molar-refractivity contribution in [3.63, 3.8) is 0 Å². The van der Waals surface area contributed by atoms with Crippen LogP contribution in [0.4, 0.5) is 0 Å². The molecule has 8 bridgehead atoms. The van der Waals surface area contributed by atoms with E-state index < -0.39 is 0 Å². The SMILES string of the molecule is C1CCCc2c(c3nc4nc(nc5[nH]c(nc6nc(nc2[nH]3)C2CCCCCCCCC62)C2CCCCCCCC52)C2CCCCCCC42)CCC1. The Balaban J connectivity index is 1.30. The Morgan fingerprint density at radius 2 is 0.596 bits per heavy atom. The van der Waals surface area contributed by atoms with Crippen LogP contribution in [-0.4, -0.2) is 39.9 Å². The number of fused-ring (bicyclic) bond motifs is 20. The molecule has 0 aromatic carbocycles. The molecule has 6 unspecified atom stereocenters. The molecule has 3 aliphatic heterocycles. The monoisotopic (exact) mass is 705 g/mol. The van der Waals surface area contributed by atoms with Crippen molar-refractivity contribution < 1.29 is 0 Å². The zero-order valence-corrected chi connectivity index (χ0v) is 31.9. The van der Waals surface area contributed by atoms with Gasteiger partial charge in [-0.25, -0.2) is 29.9 Å². The van der Waals surface area contributed by atoms with E-state index in [2.05, 4.69) is 9.97 Å². The van der Waals surface area contributed by atoms with Gasteiger partial charge in [-0.2, -0.15) is 0 Å². The van der Waals surface area contributed by atoms with Crippen molar-refractivity contribution in [3.8, 4) is 0 Å². The third kappa shape index (κ3) is 7.30. The lowest BCUT2D eigenvalue weighted by atomic mass is 9.82. The van der Waals surface area contributed by atoms with Crippen molar-refractivity contribution in [2.24, 2.45) is 0 Å². The van der Waals surface area contributed by atoms with Crippen LogP contribution in [0.2, 0.25) is 0 Å². The minimum absolute atomic E-state index is 0.335. The molecular formula is C44H64N8. The fourth-order valence-corrected chi connectivity index (χ4v) is 11.3. The second-order valence-corrected chi connectivity index (χ2v) is 17.7. The molecule has 5 heterocycles. The van der Waals surface area contributed by atoms with Crippen LogP contribution in [0.15, 0.2) is 0 Å². The van der Waals surface area contributed by atoms with Crippen molar-refractivity contribution in [2.45, 2.75) is 215 Å². The van der Waals surface area contributed by atoms with E-state index in [1.807, 2.05) is 0 Å². The predicted octanol–water partition coefficient (Wildman–Crippen LogP) is 11.5. The molecule has 280 valence electrons. The van der Waals surface area contributed by atoms with Crippen molar-refractivity contribution in [1.82, 2.24) is 39.9 Å². The smallest absolute Gasteiger partial charge is 0.137 e. The van der Waals surface area contributed by atoms with E-state index in [0.717, 1.165) is 84.8 Å². The lowest BCUT2D eigenvalue weighted by molar-refractivity contribution is 0.407. The second-order valence-electron chi connectivity index (χ2n) is 17.7. The van der Waals surface area contributed by atoms with E-state index in [0.29, 0.717) is 35.5 Å². The van der Waals surface area contributed by atoms with Gasteiger partial charge in [-0.15, -0.1) is 0 Å². The van der Waals surface area contributed by atoms with Gasteiger partial charge in [0.25, 0.3) is 0 Å². The number of aromatic amines is 2. The van der Waals surface area contributed by atoms with Gasteiger partial charge in [0.2, 0.25) is 0 Å². The first-order valence-corrected chi connectivity index (χ1v) is 22.3. The van der Waals surface area contributed by atoms with Gasteiger partial charge < -0.3 is 9.97 Å². The predicted molar refractivity (Wildman–Crippen MR) is 207 cm³/mol. The zero-order chi connectivity index (χ0) is 34.7. The van der Waals surface area contributed by atoms with Crippen LogP contribution in [-0.2, 0) is 12.8 Å². The summed E-state index contributed by atoms with van der Waals surface area (Å²) >= 11 is 0. The maximum absolute atomic E-state index is 5.66. The molecule has 0 saturated heterocycles. The Morgan fingerprint density at radius 1 is 0.288 bits per heavy atom. The van der Waals surface area contributed by atoms with Gasteiger partial charge in [0, 0.05) is 46.6 Å². The maximum Gasteiger partial charge on any atom is 0.137 e. The Bertz CT molecular complexity index is 1740. The number of hydrogen-bond acceptors (Lipinski definition) is 6. The first-order valence-electron chi connectivity index (χ1n) is 22.3. The van der Waals surface area contributed by atoms with Gasteiger partial charge in [0.15, 0.2) is 0 Å². The summed E-state index contributed by atoms with van der Waals surface area (Å²) in [4.78, 5) is 41.3. The van der Waals surface area contributed by atoms with E-state index >= 15 is 0 Å². The molecular weight excluding hydrogens is 641 g/mol. The van der Waals surface area contributed by atoms with Gasteiger partial charge in [0.1, 0.15) is 46.2 Å². The Hall–Kier alpha value is -2.90. The van der Waals surface area contributed by atoms with Crippen LogP contribution in [0.5, 0.6) is 0 Å². The minimum Gasteiger partial charge on any atom is -0.331 e. The molecule has 52 heavy (non-hydrogen) atoms. The zero-order valence-electron chi connectivity index (χ0n) is 31.9. The molecule has 0 radical (unpaired) electrons. The molecule has 0 amide bonds. The number of aromatic nitrogens is 8. The van der Waals surface area contributed by atoms with Crippen LogP contribution < -0.4 is 0 Å². The van der Waals surface area contributed by atoms with Crippen LogP contribution in [0.25, 0.3) is 11.3 Å². The Kier molecular flexibility index (Phi) is 10.9. The lowest BCUT2D eigenvalue weighted by Gasteiger charge is -2.22. The number of nitrogens with one attached hydrogen (secondary N) is 2. The number of rotatable bonds is 0. The average Bonchev–Trinajstić information content (AvgIpc) is 3.86. The van der Waals surface area contributed by atoms with E-state index in [1.165, 1.54) is 152 Å². The normalized spacial score (nSPS) is 30.1. The van der Waals surface area contributed by atoms with Crippen LogP contribution in [0.3, 0.4) is 0 Å². The third-order valence-corrected chi connectivity index (χ3v) is 14.2. The van der Waals surface area contributed by atoms with E-state index in [4.69, 9.17) is 29.9 Å². The quantitative estimate of drug-likeness (QED) is 0.282. The highest BCUT2D eigenvalue weighted by atomic mass is 15.1. The minimum atomic E-state index is 0.335. The first-order chi connectivity index (χ1) is 25.8. The molecule has 3 fully saturated rings. The van der Waals surface area contributed by atoms with E-state index in [9.17, 15) is 0 Å². The van der Waals surface area contributed by atoms with Crippen LogP contribution in [0, 0.1) is 0 Å². The molecule has 8 nitrogen and oxygen atoms in total.